The number of nitrogens with zero attached hydrogens (tertiary/aromatic N) is 1. The van der Waals surface area contributed by atoms with Gasteiger partial charge in [-0.15, -0.1) is 0 Å². The molecular formula is C14H12F3NO3. The van der Waals surface area contributed by atoms with Crippen LogP contribution < -0.4 is 4.74 Å². The maximum absolute atomic E-state index is 12.1. The molecule has 0 bridgehead atoms. The zero-order chi connectivity index (χ0) is 15.5. The fourth-order valence-electron chi connectivity index (χ4n) is 1.69. The Balaban J connectivity index is 2.00. The summed E-state index contributed by atoms with van der Waals surface area (Å²) in [7, 11) is 0. The average molecular weight is 299 g/mol. The Labute approximate surface area is 118 Å². The lowest BCUT2D eigenvalue weighted by Crippen LogP contribution is -2.31. The van der Waals surface area contributed by atoms with Gasteiger partial charge in [0.25, 0.3) is 0 Å². The molecule has 21 heavy (non-hydrogen) atoms. The Bertz CT molecular complexity index is 637. The van der Waals surface area contributed by atoms with Crippen molar-refractivity contribution in [3.05, 3.63) is 36.5 Å². The number of ether oxygens (including phenoxy) is 2. The van der Waals surface area contributed by atoms with Gasteiger partial charge in [-0.05, 0) is 31.2 Å². The lowest BCUT2D eigenvalue weighted by Gasteiger charge is -2.16. The van der Waals surface area contributed by atoms with E-state index in [-0.39, 0.29) is 6.61 Å². The summed E-state index contributed by atoms with van der Waals surface area (Å²) in [6, 6.07) is 8.68. The van der Waals surface area contributed by atoms with Gasteiger partial charge in [0.2, 0.25) is 0 Å². The standard InChI is InChI=1S/C14H12F3NO3/c1-9(21-13(19)14(15,16)17)8-20-12-6-2-5-11-10(12)4-3-7-18-11/h2-7,9H,8H2,1H3. The summed E-state index contributed by atoms with van der Waals surface area (Å²) in [4.78, 5) is 14.8. The van der Waals surface area contributed by atoms with Crippen LogP contribution in [0.3, 0.4) is 0 Å². The van der Waals surface area contributed by atoms with E-state index in [1.54, 1.807) is 36.5 Å². The highest BCUT2D eigenvalue weighted by molar-refractivity contribution is 5.84. The quantitative estimate of drug-likeness (QED) is 0.814. The van der Waals surface area contributed by atoms with Crippen molar-refractivity contribution in [3.8, 4) is 5.75 Å². The fourth-order valence-corrected chi connectivity index (χ4v) is 1.69. The first-order chi connectivity index (χ1) is 9.88. The molecule has 4 nitrogen and oxygen atoms in total. The third-order valence-corrected chi connectivity index (χ3v) is 2.62. The van der Waals surface area contributed by atoms with Crippen molar-refractivity contribution in [1.82, 2.24) is 4.98 Å². The second-order valence-electron chi connectivity index (χ2n) is 4.35. The zero-order valence-electron chi connectivity index (χ0n) is 11.1. The summed E-state index contributed by atoms with van der Waals surface area (Å²) in [6.07, 6.45) is -4.40. The van der Waals surface area contributed by atoms with E-state index in [1.807, 2.05) is 0 Å². The van der Waals surface area contributed by atoms with Crippen LogP contribution in [0.5, 0.6) is 5.75 Å². The van der Waals surface area contributed by atoms with Gasteiger partial charge in [0, 0.05) is 11.6 Å². The van der Waals surface area contributed by atoms with Crippen LogP contribution in [0.1, 0.15) is 6.92 Å². The van der Waals surface area contributed by atoms with E-state index < -0.39 is 18.2 Å². The molecule has 0 aliphatic heterocycles. The van der Waals surface area contributed by atoms with Gasteiger partial charge in [0.05, 0.1) is 5.52 Å². The van der Waals surface area contributed by atoms with E-state index in [9.17, 15) is 18.0 Å². The first-order valence-corrected chi connectivity index (χ1v) is 6.12. The Morgan fingerprint density at radius 2 is 2.05 bits per heavy atom. The number of fused-ring (bicyclic) bond motifs is 1. The van der Waals surface area contributed by atoms with Crippen molar-refractivity contribution in [1.29, 1.82) is 0 Å². The molecule has 0 aliphatic carbocycles. The molecule has 0 saturated carbocycles. The summed E-state index contributed by atoms with van der Waals surface area (Å²) in [5.41, 5.74) is 0.704. The highest BCUT2D eigenvalue weighted by Gasteiger charge is 2.41. The van der Waals surface area contributed by atoms with Gasteiger partial charge in [0.15, 0.2) is 0 Å². The van der Waals surface area contributed by atoms with Crippen LogP contribution in [-0.2, 0) is 9.53 Å². The number of aromatic nitrogens is 1. The van der Waals surface area contributed by atoms with Crippen LogP contribution in [0.25, 0.3) is 10.9 Å². The molecule has 0 radical (unpaired) electrons. The van der Waals surface area contributed by atoms with Crippen molar-refractivity contribution < 1.29 is 27.4 Å². The molecule has 2 rings (SSSR count). The molecule has 0 N–H and O–H groups in total. The van der Waals surface area contributed by atoms with E-state index in [0.717, 1.165) is 5.39 Å². The van der Waals surface area contributed by atoms with Gasteiger partial charge in [-0.25, -0.2) is 4.79 Å². The topological polar surface area (TPSA) is 48.4 Å². The zero-order valence-corrected chi connectivity index (χ0v) is 11.1. The van der Waals surface area contributed by atoms with Crippen molar-refractivity contribution in [3.63, 3.8) is 0 Å². The molecule has 1 heterocycles. The summed E-state index contributed by atoms with van der Waals surface area (Å²) in [6.45, 7) is 1.14. The number of pyridine rings is 1. The fraction of sp³-hybridized carbons (Fsp3) is 0.286. The predicted octanol–water partition coefficient (Wildman–Crippen LogP) is 3.11. The average Bonchev–Trinajstić information content (AvgIpc) is 2.44. The van der Waals surface area contributed by atoms with Crippen LogP contribution >= 0.6 is 0 Å². The smallest absolute Gasteiger partial charge is 0.489 e. The highest BCUT2D eigenvalue weighted by Crippen LogP contribution is 2.24. The van der Waals surface area contributed by atoms with E-state index in [0.29, 0.717) is 11.3 Å². The van der Waals surface area contributed by atoms with Crippen molar-refractivity contribution in [2.75, 3.05) is 6.61 Å². The summed E-state index contributed by atoms with van der Waals surface area (Å²) >= 11 is 0. The number of carbonyl (C=O) groups excluding carboxylic acids is 1. The Hall–Kier alpha value is -2.31. The second kappa shape index (κ2) is 5.99. The molecule has 7 heteroatoms. The minimum Gasteiger partial charge on any atom is -0.489 e. The molecule has 1 atom stereocenters. The number of hydrogen-bond acceptors (Lipinski definition) is 4. The minimum absolute atomic E-state index is 0.185. The van der Waals surface area contributed by atoms with Crippen LogP contribution in [0.4, 0.5) is 13.2 Å². The molecule has 0 saturated heterocycles. The maximum atomic E-state index is 12.1. The summed E-state index contributed by atoms with van der Waals surface area (Å²) in [5.74, 6) is -1.76. The Morgan fingerprint density at radius 3 is 2.76 bits per heavy atom. The van der Waals surface area contributed by atoms with Gasteiger partial charge in [-0.2, -0.15) is 13.2 Å². The third-order valence-electron chi connectivity index (χ3n) is 2.62. The molecule has 0 spiro atoms. The normalized spacial score (nSPS) is 13.0. The van der Waals surface area contributed by atoms with E-state index in [4.69, 9.17) is 4.74 Å². The number of benzene rings is 1. The van der Waals surface area contributed by atoms with Gasteiger partial charge in [0.1, 0.15) is 18.5 Å². The molecule has 1 unspecified atom stereocenters. The predicted molar refractivity (Wildman–Crippen MR) is 68.8 cm³/mol. The van der Waals surface area contributed by atoms with Crippen LogP contribution in [-0.4, -0.2) is 29.8 Å². The van der Waals surface area contributed by atoms with Crippen LogP contribution in [0, 0.1) is 0 Å². The first-order valence-electron chi connectivity index (χ1n) is 6.12. The van der Waals surface area contributed by atoms with Gasteiger partial charge in [-0.3, -0.25) is 4.98 Å². The molecule has 112 valence electrons. The van der Waals surface area contributed by atoms with E-state index in [1.165, 1.54) is 6.92 Å². The number of alkyl halides is 3. The molecule has 2 aromatic rings. The number of rotatable bonds is 4. The Morgan fingerprint density at radius 1 is 1.29 bits per heavy atom. The monoisotopic (exact) mass is 299 g/mol. The SMILES string of the molecule is CC(COc1cccc2ncccc12)OC(=O)C(F)(F)F. The van der Waals surface area contributed by atoms with Crippen molar-refractivity contribution in [2.45, 2.75) is 19.2 Å². The lowest BCUT2D eigenvalue weighted by atomic mass is 10.2. The third kappa shape index (κ3) is 3.84. The Kier molecular flexibility index (Phi) is 4.30. The van der Waals surface area contributed by atoms with Crippen molar-refractivity contribution in [2.24, 2.45) is 0 Å². The van der Waals surface area contributed by atoms with Gasteiger partial charge >= 0.3 is 12.1 Å². The minimum atomic E-state index is -5.00. The molecule has 0 amide bonds. The van der Waals surface area contributed by atoms with E-state index >= 15 is 0 Å². The van der Waals surface area contributed by atoms with Crippen LogP contribution in [0.15, 0.2) is 36.5 Å². The lowest BCUT2D eigenvalue weighted by molar-refractivity contribution is -0.205. The number of carbonyl (C=O) groups is 1. The van der Waals surface area contributed by atoms with E-state index in [2.05, 4.69) is 9.72 Å². The first kappa shape index (κ1) is 15.1. The molecule has 1 aromatic carbocycles. The summed E-state index contributed by atoms with van der Waals surface area (Å²) < 4.78 is 45.8. The number of hydrogen-bond donors (Lipinski definition) is 0. The maximum Gasteiger partial charge on any atom is 0.490 e. The van der Waals surface area contributed by atoms with Gasteiger partial charge < -0.3 is 9.47 Å². The highest BCUT2D eigenvalue weighted by atomic mass is 19.4. The molecule has 1 aromatic heterocycles. The number of esters is 1. The van der Waals surface area contributed by atoms with Gasteiger partial charge in [-0.1, -0.05) is 6.07 Å². The van der Waals surface area contributed by atoms with Crippen LogP contribution in [0.2, 0.25) is 0 Å². The second-order valence-corrected chi connectivity index (χ2v) is 4.35. The summed E-state index contributed by atoms with van der Waals surface area (Å²) in [5, 5.41) is 0.731. The molecule has 0 fully saturated rings. The molecular weight excluding hydrogens is 287 g/mol. The number of halogens is 3. The molecule has 0 aliphatic rings. The van der Waals surface area contributed by atoms with Crippen molar-refractivity contribution >= 4 is 16.9 Å². The largest absolute Gasteiger partial charge is 0.490 e.